The van der Waals surface area contributed by atoms with Crippen LogP contribution in [0.4, 0.5) is 5.82 Å². The van der Waals surface area contributed by atoms with Crippen molar-refractivity contribution in [1.82, 2.24) is 15.3 Å². The molecule has 1 N–H and O–H groups in total. The number of likely N-dealkylation sites (N-methyl/N-ethyl adjacent to an activating group) is 1. The van der Waals surface area contributed by atoms with E-state index in [1.165, 1.54) is 24.8 Å². The van der Waals surface area contributed by atoms with E-state index in [1.807, 2.05) is 13.2 Å². The van der Waals surface area contributed by atoms with Crippen molar-refractivity contribution in [3.8, 4) is 0 Å². The summed E-state index contributed by atoms with van der Waals surface area (Å²) < 4.78 is 0. The summed E-state index contributed by atoms with van der Waals surface area (Å²) in [5, 5.41) is 3.17. The average molecular weight is 220 g/mol. The second-order valence-electron chi connectivity index (χ2n) is 4.27. The van der Waals surface area contributed by atoms with Gasteiger partial charge in [0.15, 0.2) is 0 Å². The number of anilines is 1. The number of nitrogens with zero attached hydrogens (tertiary/aromatic N) is 3. The molecule has 0 aliphatic carbocycles. The minimum absolute atomic E-state index is 0.980. The van der Waals surface area contributed by atoms with Crippen molar-refractivity contribution in [2.24, 2.45) is 0 Å². The van der Waals surface area contributed by atoms with Crippen LogP contribution in [0.1, 0.15) is 24.8 Å². The zero-order chi connectivity index (χ0) is 11.2. The standard InChI is InChI=1S/C12H20N4/c1-13-6-5-11-9-14-10-15-12(11)16-7-3-2-4-8-16/h9-10,13H,2-8H2,1H3. The van der Waals surface area contributed by atoms with Crippen LogP contribution in [0.3, 0.4) is 0 Å². The first kappa shape index (κ1) is 11.3. The fraction of sp³-hybridized carbons (Fsp3) is 0.667. The lowest BCUT2D eigenvalue weighted by atomic mass is 10.1. The first-order chi connectivity index (χ1) is 7.92. The lowest BCUT2D eigenvalue weighted by Crippen LogP contribution is -2.31. The number of nitrogens with one attached hydrogen (secondary N) is 1. The highest BCUT2D eigenvalue weighted by Crippen LogP contribution is 2.20. The van der Waals surface area contributed by atoms with Crippen LogP contribution in [0.2, 0.25) is 0 Å². The van der Waals surface area contributed by atoms with Gasteiger partial charge in [0.1, 0.15) is 12.1 Å². The molecule has 0 atom stereocenters. The third-order valence-corrected chi connectivity index (χ3v) is 3.06. The van der Waals surface area contributed by atoms with Gasteiger partial charge in [0.2, 0.25) is 0 Å². The van der Waals surface area contributed by atoms with Crippen molar-refractivity contribution in [2.45, 2.75) is 25.7 Å². The molecule has 2 heterocycles. The molecule has 88 valence electrons. The minimum atomic E-state index is 0.980. The van der Waals surface area contributed by atoms with Crippen LogP contribution < -0.4 is 10.2 Å². The molecule has 1 fully saturated rings. The number of aromatic nitrogens is 2. The van der Waals surface area contributed by atoms with Crippen molar-refractivity contribution >= 4 is 5.82 Å². The van der Waals surface area contributed by atoms with Crippen LogP contribution in [-0.2, 0) is 6.42 Å². The molecule has 0 spiro atoms. The van der Waals surface area contributed by atoms with E-state index in [2.05, 4.69) is 20.2 Å². The summed E-state index contributed by atoms with van der Waals surface area (Å²) in [6.07, 6.45) is 8.54. The Labute approximate surface area is 97.1 Å². The molecule has 0 aromatic carbocycles. The maximum Gasteiger partial charge on any atom is 0.135 e. The van der Waals surface area contributed by atoms with Gasteiger partial charge < -0.3 is 10.2 Å². The van der Waals surface area contributed by atoms with Gasteiger partial charge >= 0.3 is 0 Å². The van der Waals surface area contributed by atoms with E-state index in [-0.39, 0.29) is 0 Å². The van der Waals surface area contributed by atoms with E-state index in [0.29, 0.717) is 0 Å². The van der Waals surface area contributed by atoms with Gasteiger partial charge in [-0.1, -0.05) is 0 Å². The fourth-order valence-electron chi connectivity index (χ4n) is 2.18. The Kier molecular flexibility index (Phi) is 4.10. The second kappa shape index (κ2) is 5.80. The van der Waals surface area contributed by atoms with E-state index < -0.39 is 0 Å². The number of rotatable bonds is 4. The Morgan fingerprint density at radius 1 is 1.31 bits per heavy atom. The molecule has 1 aliphatic rings. The Balaban J connectivity index is 2.11. The molecule has 2 rings (SSSR count). The third-order valence-electron chi connectivity index (χ3n) is 3.06. The van der Waals surface area contributed by atoms with Gasteiger partial charge in [-0.25, -0.2) is 9.97 Å². The van der Waals surface area contributed by atoms with Crippen molar-refractivity contribution in [3.05, 3.63) is 18.1 Å². The Bertz CT molecular complexity index is 321. The van der Waals surface area contributed by atoms with Crippen LogP contribution in [0.25, 0.3) is 0 Å². The predicted octanol–water partition coefficient (Wildman–Crippen LogP) is 1.23. The summed E-state index contributed by atoms with van der Waals surface area (Å²) in [6, 6.07) is 0. The highest BCUT2D eigenvalue weighted by molar-refractivity contribution is 5.45. The quantitative estimate of drug-likeness (QED) is 0.828. The molecule has 4 heteroatoms. The normalized spacial score (nSPS) is 16.4. The Morgan fingerprint density at radius 2 is 2.12 bits per heavy atom. The molecule has 1 saturated heterocycles. The van der Waals surface area contributed by atoms with Crippen LogP contribution in [0, 0.1) is 0 Å². The molecule has 1 aliphatic heterocycles. The maximum atomic E-state index is 4.44. The summed E-state index contributed by atoms with van der Waals surface area (Å²) in [4.78, 5) is 11.0. The van der Waals surface area contributed by atoms with Gasteiger partial charge in [-0.3, -0.25) is 0 Å². The van der Waals surface area contributed by atoms with Crippen LogP contribution in [0.15, 0.2) is 12.5 Å². The second-order valence-corrected chi connectivity index (χ2v) is 4.27. The van der Waals surface area contributed by atoms with Crippen molar-refractivity contribution in [2.75, 3.05) is 31.6 Å². The van der Waals surface area contributed by atoms with Crippen molar-refractivity contribution in [1.29, 1.82) is 0 Å². The molecule has 0 unspecified atom stereocenters. The van der Waals surface area contributed by atoms with Gasteiger partial charge in [-0.15, -0.1) is 0 Å². The summed E-state index contributed by atoms with van der Waals surface area (Å²) in [5.41, 5.74) is 1.26. The highest BCUT2D eigenvalue weighted by Gasteiger charge is 2.15. The van der Waals surface area contributed by atoms with E-state index in [9.17, 15) is 0 Å². The first-order valence-electron chi connectivity index (χ1n) is 6.10. The van der Waals surface area contributed by atoms with E-state index in [1.54, 1.807) is 6.33 Å². The van der Waals surface area contributed by atoms with Gasteiger partial charge in [0, 0.05) is 24.8 Å². The maximum absolute atomic E-state index is 4.44. The van der Waals surface area contributed by atoms with Crippen LogP contribution in [-0.4, -0.2) is 36.6 Å². The Hall–Kier alpha value is -1.16. The van der Waals surface area contributed by atoms with Gasteiger partial charge in [0.05, 0.1) is 0 Å². The van der Waals surface area contributed by atoms with Gasteiger partial charge in [-0.05, 0) is 39.3 Å². The monoisotopic (exact) mass is 220 g/mol. The van der Waals surface area contributed by atoms with E-state index >= 15 is 0 Å². The topological polar surface area (TPSA) is 41.1 Å². The van der Waals surface area contributed by atoms with Crippen molar-refractivity contribution in [3.63, 3.8) is 0 Å². The highest BCUT2D eigenvalue weighted by atomic mass is 15.2. The zero-order valence-electron chi connectivity index (χ0n) is 9.95. The average Bonchev–Trinajstić information content (AvgIpc) is 2.38. The minimum Gasteiger partial charge on any atom is -0.356 e. The molecule has 4 nitrogen and oxygen atoms in total. The molecule has 1 aromatic heterocycles. The first-order valence-corrected chi connectivity index (χ1v) is 6.10. The Morgan fingerprint density at radius 3 is 2.88 bits per heavy atom. The van der Waals surface area contributed by atoms with E-state index in [4.69, 9.17) is 0 Å². The SMILES string of the molecule is CNCCc1cncnc1N1CCCCC1. The van der Waals surface area contributed by atoms with E-state index in [0.717, 1.165) is 31.9 Å². The summed E-state index contributed by atoms with van der Waals surface area (Å²) in [6.45, 7) is 3.27. The summed E-state index contributed by atoms with van der Waals surface area (Å²) >= 11 is 0. The largest absolute Gasteiger partial charge is 0.356 e. The van der Waals surface area contributed by atoms with Crippen molar-refractivity contribution < 1.29 is 0 Å². The molecule has 0 saturated carbocycles. The molecule has 0 bridgehead atoms. The number of piperidine rings is 1. The van der Waals surface area contributed by atoms with Gasteiger partial charge in [0.25, 0.3) is 0 Å². The summed E-state index contributed by atoms with van der Waals surface area (Å²) in [5.74, 6) is 1.14. The van der Waals surface area contributed by atoms with Gasteiger partial charge in [-0.2, -0.15) is 0 Å². The molecule has 0 amide bonds. The molecule has 1 aromatic rings. The van der Waals surface area contributed by atoms with Crippen LogP contribution in [0.5, 0.6) is 0 Å². The van der Waals surface area contributed by atoms with Crippen LogP contribution >= 0.6 is 0 Å². The zero-order valence-corrected chi connectivity index (χ0v) is 9.95. The fourth-order valence-corrected chi connectivity index (χ4v) is 2.18. The molecular formula is C12H20N4. The molecule has 16 heavy (non-hydrogen) atoms. The number of hydrogen-bond donors (Lipinski definition) is 1. The third kappa shape index (κ3) is 2.70. The predicted molar refractivity (Wildman–Crippen MR) is 65.7 cm³/mol. The molecule has 0 radical (unpaired) electrons. The summed E-state index contributed by atoms with van der Waals surface area (Å²) in [7, 11) is 1.98. The smallest absolute Gasteiger partial charge is 0.135 e. The lowest BCUT2D eigenvalue weighted by molar-refractivity contribution is 0.570. The lowest BCUT2D eigenvalue weighted by Gasteiger charge is -2.29. The molecular weight excluding hydrogens is 200 g/mol. The number of hydrogen-bond acceptors (Lipinski definition) is 4.